The minimum absolute atomic E-state index is 0.100. The maximum absolute atomic E-state index is 2.50. The topological polar surface area (TPSA) is 8.17 Å². The third-order valence-corrected chi connectivity index (χ3v) is 12.8. The Morgan fingerprint density at radius 1 is 0.393 bits per heavy atom. The molecule has 2 aliphatic rings. The van der Waals surface area contributed by atoms with Gasteiger partial charge in [-0.2, -0.15) is 0 Å². The predicted molar refractivity (Wildman–Crippen MR) is 236 cm³/mol. The number of hydrogen-bond acceptors (Lipinski definition) is 1. The first kappa shape index (κ1) is 32.8. The van der Waals surface area contributed by atoms with Crippen LogP contribution in [0.3, 0.4) is 0 Å². The highest BCUT2D eigenvalue weighted by atomic mass is 15.1. The van der Waals surface area contributed by atoms with Crippen molar-refractivity contribution < 1.29 is 0 Å². The molecule has 0 amide bonds. The summed E-state index contributed by atoms with van der Waals surface area (Å²) >= 11 is 0. The smallest absolute Gasteiger partial charge is 0.0541 e. The molecule has 0 atom stereocenters. The second kappa shape index (κ2) is 11.9. The van der Waals surface area contributed by atoms with Crippen molar-refractivity contribution >= 4 is 38.9 Å². The zero-order valence-electron chi connectivity index (χ0n) is 32.2. The van der Waals surface area contributed by atoms with Gasteiger partial charge in [-0.1, -0.05) is 155 Å². The summed E-state index contributed by atoms with van der Waals surface area (Å²) in [6.45, 7) is 9.50. The molecule has 0 aliphatic heterocycles. The summed E-state index contributed by atoms with van der Waals surface area (Å²) in [5, 5.41) is 2.56. The Labute approximate surface area is 328 Å². The van der Waals surface area contributed by atoms with Crippen LogP contribution in [0.15, 0.2) is 182 Å². The van der Waals surface area contributed by atoms with E-state index >= 15 is 0 Å². The number of para-hydroxylation sites is 2. The number of hydrogen-bond donors (Lipinski definition) is 0. The lowest BCUT2D eigenvalue weighted by Crippen LogP contribution is -2.21. The predicted octanol–water partition coefficient (Wildman–Crippen LogP) is 14.5. The van der Waals surface area contributed by atoms with Crippen LogP contribution < -0.4 is 4.90 Å². The van der Waals surface area contributed by atoms with E-state index < -0.39 is 0 Å². The van der Waals surface area contributed by atoms with Crippen molar-refractivity contribution in [3.63, 3.8) is 0 Å². The highest BCUT2D eigenvalue weighted by Crippen LogP contribution is 2.55. The van der Waals surface area contributed by atoms with Gasteiger partial charge < -0.3 is 9.47 Å². The number of aromatic nitrogens is 1. The molecule has 0 saturated carbocycles. The second-order valence-corrected chi connectivity index (χ2v) is 16.6. The van der Waals surface area contributed by atoms with Crippen molar-refractivity contribution in [2.24, 2.45) is 0 Å². The fourth-order valence-corrected chi connectivity index (χ4v) is 10.1. The zero-order chi connectivity index (χ0) is 37.8. The lowest BCUT2D eigenvalue weighted by atomic mass is 9.81. The molecular weight excluding hydrogens is 677 g/mol. The van der Waals surface area contributed by atoms with E-state index in [4.69, 9.17) is 0 Å². The minimum Gasteiger partial charge on any atom is -0.310 e. The van der Waals surface area contributed by atoms with Gasteiger partial charge in [-0.05, 0) is 110 Å². The third-order valence-electron chi connectivity index (χ3n) is 12.8. The van der Waals surface area contributed by atoms with E-state index in [2.05, 4.69) is 219 Å². The fraction of sp³-hybridized carbons (Fsp3) is 0.111. The Balaban J connectivity index is 1.03. The van der Waals surface area contributed by atoms with Crippen molar-refractivity contribution in [1.82, 2.24) is 4.57 Å². The van der Waals surface area contributed by atoms with Crippen molar-refractivity contribution in [3.05, 3.63) is 204 Å². The highest BCUT2D eigenvalue weighted by Gasteiger charge is 2.40. The number of fused-ring (bicyclic) bond motifs is 9. The van der Waals surface area contributed by atoms with Crippen LogP contribution in [0, 0.1) is 0 Å². The molecule has 11 rings (SSSR count). The molecule has 0 unspecified atom stereocenters. The van der Waals surface area contributed by atoms with Crippen LogP contribution >= 0.6 is 0 Å². The van der Waals surface area contributed by atoms with Crippen LogP contribution in [-0.4, -0.2) is 4.57 Å². The Morgan fingerprint density at radius 3 is 1.55 bits per heavy atom. The molecule has 2 nitrogen and oxygen atoms in total. The maximum Gasteiger partial charge on any atom is 0.0541 e. The lowest BCUT2D eigenvalue weighted by Gasteiger charge is -2.33. The monoisotopic (exact) mass is 718 g/mol. The van der Waals surface area contributed by atoms with Gasteiger partial charge in [0, 0.05) is 38.7 Å². The van der Waals surface area contributed by atoms with Crippen LogP contribution in [0.25, 0.3) is 60.9 Å². The van der Waals surface area contributed by atoms with Gasteiger partial charge >= 0.3 is 0 Å². The van der Waals surface area contributed by atoms with Gasteiger partial charge in [0.05, 0.1) is 16.7 Å². The standard InChI is InChI=1S/C54H42N2/c1-53(2)46-19-9-5-14-40(46)42-33-32-39(34-48(42)53)55(51-23-13-18-45-41-15-6-10-20-47(41)54(3,4)52(45)51)37-28-24-35(25-29-37)36-26-30-38(31-27-36)56-49-21-11-7-16-43(49)44-17-8-12-22-50(44)56/h5-34H,1-4H3. The van der Waals surface area contributed by atoms with Gasteiger partial charge in [0.1, 0.15) is 0 Å². The maximum atomic E-state index is 2.50. The summed E-state index contributed by atoms with van der Waals surface area (Å²) in [4.78, 5) is 2.50. The SMILES string of the molecule is CC1(C)c2ccccc2-c2ccc(N(c3ccc(-c4ccc(-n5c6ccccc6c6ccccc65)cc4)cc3)c3cccc4c3C(C)(C)c3ccccc3-4)cc21. The zero-order valence-corrected chi connectivity index (χ0v) is 32.2. The molecule has 8 aromatic carbocycles. The van der Waals surface area contributed by atoms with Crippen molar-refractivity contribution in [1.29, 1.82) is 0 Å². The van der Waals surface area contributed by atoms with Crippen LogP contribution in [-0.2, 0) is 10.8 Å². The first-order valence-electron chi connectivity index (χ1n) is 19.8. The first-order valence-corrected chi connectivity index (χ1v) is 19.8. The molecule has 0 radical (unpaired) electrons. The molecule has 9 aromatic rings. The lowest BCUT2D eigenvalue weighted by molar-refractivity contribution is 0.658. The van der Waals surface area contributed by atoms with Crippen LogP contribution in [0.2, 0.25) is 0 Å². The van der Waals surface area contributed by atoms with Crippen molar-refractivity contribution in [2.45, 2.75) is 38.5 Å². The van der Waals surface area contributed by atoms with E-state index in [0.717, 1.165) is 11.4 Å². The van der Waals surface area contributed by atoms with E-state index in [1.165, 1.54) is 88.8 Å². The summed E-state index contributed by atoms with van der Waals surface area (Å²) in [5.41, 5.74) is 20.1. The average molecular weight is 719 g/mol. The molecule has 1 heterocycles. The van der Waals surface area contributed by atoms with Gasteiger partial charge in [0.15, 0.2) is 0 Å². The highest BCUT2D eigenvalue weighted by molar-refractivity contribution is 6.09. The second-order valence-electron chi connectivity index (χ2n) is 16.6. The third kappa shape index (κ3) is 4.62. The Hall–Kier alpha value is -6.64. The summed E-state index contributed by atoms with van der Waals surface area (Å²) < 4.78 is 2.38. The van der Waals surface area contributed by atoms with E-state index in [1.807, 2.05) is 0 Å². The Morgan fingerprint density at radius 2 is 0.893 bits per heavy atom. The number of anilines is 3. The van der Waals surface area contributed by atoms with Gasteiger partial charge in [-0.25, -0.2) is 0 Å². The summed E-state index contributed by atoms with van der Waals surface area (Å²) in [6.07, 6.45) is 0. The van der Waals surface area contributed by atoms with Gasteiger partial charge in [0.25, 0.3) is 0 Å². The van der Waals surface area contributed by atoms with E-state index in [0.29, 0.717) is 0 Å². The van der Waals surface area contributed by atoms with Gasteiger partial charge in [-0.15, -0.1) is 0 Å². The van der Waals surface area contributed by atoms with Crippen molar-refractivity contribution in [3.8, 4) is 39.1 Å². The molecular formula is C54H42N2. The van der Waals surface area contributed by atoms with Gasteiger partial charge in [0.2, 0.25) is 0 Å². The normalized spacial score (nSPS) is 14.4. The molecule has 0 N–H and O–H groups in total. The average Bonchev–Trinajstić information content (AvgIpc) is 3.79. The molecule has 1 aromatic heterocycles. The van der Waals surface area contributed by atoms with Crippen LogP contribution in [0.1, 0.15) is 49.9 Å². The van der Waals surface area contributed by atoms with E-state index in [1.54, 1.807) is 0 Å². The molecule has 0 bridgehead atoms. The molecule has 2 aliphatic carbocycles. The molecule has 0 fully saturated rings. The van der Waals surface area contributed by atoms with Gasteiger partial charge in [-0.3, -0.25) is 0 Å². The number of rotatable bonds is 5. The minimum atomic E-state index is -0.162. The molecule has 2 heteroatoms. The number of benzene rings is 8. The van der Waals surface area contributed by atoms with Crippen LogP contribution in [0.5, 0.6) is 0 Å². The first-order chi connectivity index (χ1) is 27.3. The molecule has 0 saturated heterocycles. The fourth-order valence-electron chi connectivity index (χ4n) is 10.1. The van der Waals surface area contributed by atoms with E-state index in [9.17, 15) is 0 Å². The van der Waals surface area contributed by atoms with E-state index in [-0.39, 0.29) is 10.8 Å². The Kier molecular flexibility index (Phi) is 6.98. The number of nitrogens with zero attached hydrogens (tertiary/aromatic N) is 2. The Bertz CT molecular complexity index is 2960. The molecule has 268 valence electrons. The summed E-state index contributed by atoms with van der Waals surface area (Å²) in [6, 6.07) is 67.4. The quantitative estimate of drug-likeness (QED) is 0.172. The molecule has 56 heavy (non-hydrogen) atoms. The summed E-state index contributed by atoms with van der Waals surface area (Å²) in [5.74, 6) is 0. The largest absolute Gasteiger partial charge is 0.310 e. The summed E-state index contributed by atoms with van der Waals surface area (Å²) in [7, 11) is 0. The van der Waals surface area contributed by atoms with Crippen LogP contribution in [0.4, 0.5) is 17.1 Å². The van der Waals surface area contributed by atoms with Crippen molar-refractivity contribution in [2.75, 3.05) is 4.90 Å². The molecule has 0 spiro atoms.